The van der Waals surface area contributed by atoms with Gasteiger partial charge < -0.3 is 15.8 Å². The number of hydrogen-bond acceptors (Lipinski definition) is 3. The maximum absolute atomic E-state index is 12.9. The van der Waals surface area contributed by atoms with Crippen LogP contribution in [0.4, 0.5) is 8.78 Å². The number of nitrogens with one attached hydrogen (secondary N) is 1. The first-order chi connectivity index (χ1) is 9.04. The van der Waals surface area contributed by atoms with E-state index in [0.29, 0.717) is 12.5 Å². The number of nitrogens with two attached hydrogens (primary N) is 1. The molecule has 1 aromatic carbocycles. The lowest BCUT2D eigenvalue weighted by atomic mass is 10.2. The lowest BCUT2D eigenvalue weighted by Gasteiger charge is -2.15. The summed E-state index contributed by atoms with van der Waals surface area (Å²) < 4.78 is 31.1. The molecule has 1 aromatic rings. The quantitative estimate of drug-likeness (QED) is 0.786. The summed E-state index contributed by atoms with van der Waals surface area (Å²) in [7, 11) is 0. The van der Waals surface area contributed by atoms with E-state index in [1.54, 1.807) is 0 Å². The van der Waals surface area contributed by atoms with Gasteiger partial charge in [-0.2, -0.15) is 0 Å². The van der Waals surface area contributed by atoms with Gasteiger partial charge in [-0.3, -0.25) is 4.79 Å². The van der Waals surface area contributed by atoms with Crippen LogP contribution >= 0.6 is 0 Å². The molecule has 1 aliphatic carbocycles. The van der Waals surface area contributed by atoms with E-state index in [4.69, 9.17) is 10.5 Å². The van der Waals surface area contributed by atoms with Gasteiger partial charge in [-0.25, -0.2) is 8.78 Å². The molecule has 1 saturated carbocycles. The Morgan fingerprint density at radius 1 is 1.37 bits per heavy atom. The van der Waals surface area contributed by atoms with Crippen molar-refractivity contribution < 1.29 is 18.3 Å². The molecule has 4 nitrogen and oxygen atoms in total. The van der Waals surface area contributed by atoms with Crippen LogP contribution in [0.15, 0.2) is 18.2 Å². The molecule has 1 unspecified atom stereocenters. The largest absolute Gasteiger partial charge is 0.493 e. The molecular formula is C13H16F2N2O2. The van der Waals surface area contributed by atoms with Crippen LogP contribution in [-0.4, -0.2) is 24.6 Å². The Bertz CT molecular complexity index is 444. The molecule has 19 heavy (non-hydrogen) atoms. The fourth-order valence-corrected chi connectivity index (χ4v) is 1.75. The molecule has 0 heterocycles. The van der Waals surface area contributed by atoms with Crippen molar-refractivity contribution in [3.8, 4) is 5.75 Å². The standard InChI is InChI=1S/C13H16F2N2O2/c14-8-5-9(15)7-11(6-8)19-4-3-12(13(16)18)17-10-1-2-10/h5-7,10,12,17H,1-4H2,(H2,16,18). The fraction of sp³-hybridized carbons (Fsp3) is 0.462. The molecule has 3 N–H and O–H groups in total. The highest BCUT2D eigenvalue weighted by Crippen LogP contribution is 2.20. The van der Waals surface area contributed by atoms with E-state index in [1.807, 2.05) is 0 Å². The van der Waals surface area contributed by atoms with Crippen LogP contribution in [0, 0.1) is 11.6 Å². The molecule has 6 heteroatoms. The summed E-state index contributed by atoms with van der Waals surface area (Å²) >= 11 is 0. The predicted octanol–water partition coefficient (Wildman–Crippen LogP) is 1.34. The van der Waals surface area contributed by atoms with Crippen LogP contribution < -0.4 is 15.8 Å². The first-order valence-electron chi connectivity index (χ1n) is 6.19. The Kier molecular flexibility index (Phi) is 4.31. The monoisotopic (exact) mass is 270 g/mol. The lowest BCUT2D eigenvalue weighted by molar-refractivity contribution is -0.120. The van der Waals surface area contributed by atoms with Crippen LogP contribution in [0.25, 0.3) is 0 Å². The van der Waals surface area contributed by atoms with Gasteiger partial charge in [0.05, 0.1) is 12.6 Å². The summed E-state index contributed by atoms with van der Waals surface area (Å²) in [4.78, 5) is 11.2. The number of primary amides is 1. The maximum atomic E-state index is 12.9. The average Bonchev–Trinajstić information content (AvgIpc) is 3.10. The number of rotatable bonds is 7. The van der Waals surface area contributed by atoms with E-state index in [9.17, 15) is 13.6 Å². The first kappa shape index (κ1) is 13.7. The van der Waals surface area contributed by atoms with Crippen LogP contribution in [0.2, 0.25) is 0 Å². The van der Waals surface area contributed by atoms with Crippen LogP contribution in [0.5, 0.6) is 5.75 Å². The second kappa shape index (κ2) is 5.97. The van der Waals surface area contributed by atoms with Crippen molar-refractivity contribution >= 4 is 5.91 Å². The summed E-state index contributed by atoms with van der Waals surface area (Å²) in [5, 5.41) is 3.10. The summed E-state index contributed by atoms with van der Waals surface area (Å²) in [6, 6.07) is 2.84. The van der Waals surface area contributed by atoms with Gasteiger partial charge in [0.25, 0.3) is 0 Å². The third-order valence-corrected chi connectivity index (χ3v) is 2.87. The highest BCUT2D eigenvalue weighted by Gasteiger charge is 2.27. The van der Waals surface area contributed by atoms with Crippen LogP contribution in [-0.2, 0) is 4.79 Å². The number of benzene rings is 1. The number of hydrogen-bond donors (Lipinski definition) is 2. The Hall–Kier alpha value is -1.69. The summed E-state index contributed by atoms with van der Waals surface area (Å²) in [5.74, 6) is -1.73. The molecular weight excluding hydrogens is 254 g/mol. The molecule has 1 amide bonds. The molecule has 1 aliphatic rings. The number of carbonyl (C=O) groups excluding carboxylic acids is 1. The summed E-state index contributed by atoms with van der Waals surface area (Å²) in [6.07, 6.45) is 2.45. The average molecular weight is 270 g/mol. The minimum atomic E-state index is -0.697. The van der Waals surface area contributed by atoms with Gasteiger partial charge in [-0.15, -0.1) is 0 Å². The molecule has 0 spiro atoms. The Morgan fingerprint density at radius 2 is 2.00 bits per heavy atom. The van der Waals surface area contributed by atoms with E-state index in [-0.39, 0.29) is 12.4 Å². The van der Waals surface area contributed by atoms with E-state index in [1.165, 1.54) is 0 Å². The van der Waals surface area contributed by atoms with Crippen molar-refractivity contribution in [2.45, 2.75) is 31.3 Å². The summed E-state index contributed by atoms with van der Waals surface area (Å²) in [6.45, 7) is 0.163. The SMILES string of the molecule is NC(=O)C(CCOc1cc(F)cc(F)c1)NC1CC1. The maximum Gasteiger partial charge on any atom is 0.234 e. The molecule has 0 bridgehead atoms. The van der Waals surface area contributed by atoms with Gasteiger partial charge in [-0.1, -0.05) is 0 Å². The number of ether oxygens (including phenoxy) is 1. The van der Waals surface area contributed by atoms with Gasteiger partial charge in [0.1, 0.15) is 17.4 Å². The smallest absolute Gasteiger partial charge is 0.234 e. The van der Waals surface area contributed by atoms with Crippen molar-refractivity contribution in [2.75, 3.05) is 6.61 Å². The second-order valence-corrected chi connectivity index (χ2v) is 4.64. The molecule has 0 saturated heterocycles. The second-order valence-electron chi connectivity index (χ2n) is 4.64. The Labute approximate surface area is 109 Å². The molecule has 0 aliphatic heterocycles. The van der Waals surface area contributed by atoms with E-state index in [0.717, 1.165) is 31.0 Å². The predicted molar refractivity (Wildman–Crippen MR) is 65.6 cm³/mol. The normalized spacial score (nSPS) is 16.1. The highest BCUT2D eigenvalue weighted by atomic mass is 19.1. The minimum absolute atomic E-state index is 0.104. The van der Waals surface area contributed by atoms with Crippen molar-refractivity contribution in [1.29, 1.82) is 0 Å². The van der Waals surface area contributed by atoms with Crippen molar-refractivity contribution in [3.63, 3.8) is 0 Å². The fourth-order valence-electron chi connectivity index (χ4n) is 1.75. The van der Waals surface area contributed by atoms with Crippen molar-refractivity contribution in [3.05, 3.63) is 29.8 Å². The molecule has 2 rings (SSSR count). The minimum Gasteiger partial charge on any atom is -0.493 e. The van der Waals surface area contributed by atoms with E-state index >= 15 is 0 Å². The zero-order valence-electron chi connectivity index (χ0n) is 10.4. The van der Waals surface area contributed by atoms with Gasteiger partial charge in [0.15, 0.2) is 0 Å². The zero-order valence-corrected chi connectivity index (χ0v) is 10.4. The van der Waals surface area contributed by atoms with E-state index < -0.39 is 23.6 Å². The molecule has 0 aromatic heterocycles. The topological polar surface area (TPSA) is 64.4 Å². The van der Waals surface area contributed by atoms with Gasteiger partial charge in [0.2, 0.25) is 5.91 Å². The Morgan fingerprint density at radius 3 is 2.53 bits per heavy atom. The third kappa shape index (κ3) is 4.48. The molecule has 0 radical (unpaired) electrons. The van der Waals surface area contributed by atoms with Crippen molar-refractivity contribution in [2.24, 2.45) is 5.73 Å². The number of amides is 1. The van der Waals surface area contributed by atoms with Gasteiger partial charge >= 0.3 is 0 Å². The highest BCUT2D eigenvalue weighted by molar-refractivity contribution is 5.79. The van der Waals surface area contributed by atoms with Crippen molar-refractivity contribution in [1.82, 2.24) is 5.32 Å². The number of carbonyl (C=O) groups is 1. The first-order valence-corrected chi connectivity index (χ1v) is 6.19. The molecule has 104 valence electrons. The molecule has 1 fully saturated rings. The number of halogens is 2. The van der Waals surface area contributed by atoms with Gasteiger partial charge in [-0.05, 0) is 12.8 Å². The summed E-state index contributed by atoms with van der Waals surface area (Å²) in [5.41, 5.74) is 5.26. The van der Waals surface area contributed by atoms with E-state index in [2.05, 4.69) is 5.32 Å². The van der Waals surface area contributed by atoms with Gasteiger partial charge in [0, 0.05) is 30.7 Å². The third-order valence-electron chi connectivity index (χ3n) is 2.87. The van der Waals surface area contributed by atoms with Crippen LogP contribution in [0.3, 0.4) is 0 Å². The van der Waals surface area contributed by atoms with Crippen LogP contribution in [0.1, 0.15) is 19.3 Å². The lowest BCUT2D eigenvalue weighted by Crippen LogP contribution is -2.43. The zero-order chi connectivity index (χ0) is 13.8. The molecule has 1 atom stereocenters. The Balaban J connectivity index is 1.81.